The Bertz CT molecular complexity index is 689. The Morgan fingerprint density at radius 1 is 1.47 bits per heavy atom. The molecule has 1 aliphatic rings. The average Bonchev–Trinajstić information content (AvgIpc) is 2.77. The molecule has 6 heteroatoms. The van der Waals surface area contributed by atoms with Gasteiger partial charge >= 0.3 is 5.76 Å². The molecule has 0 spiro atoms. The lowest BCUT2D eigenvalue weighted by molar-refractivity contribution is 0.124. The van der Waals surface area contributed by atoms with Gasteiger partial charge in [0.15, 0.2) is 11.8 Å². The summed E-state index contributed by atoms with van der Waals surface area (Å²) in [5, 5.41) is 0. The van der Waals surface area contributed by atoms with Gasteiger partial charge in [0.1, 0.15) is 5.82 Å². The van der Waals surface area contributed by atoms with E-state index in [1.54, 1.807) is 18.2 Å². The van der Waals surface area contributed by atoms with Crippen LogP contribution in [0.2, 0.25) is 0 Å². The summed E-state index contributed by atoms with van der Waals surface area (Å²) >= 11 is 0. The highest BCUT2D eigenvalue weighted by Gasteiger charge is 2.21. The van der Waals surface area contributed by atoms with Gasteiger partial charge in [-0.2, -0.15) is 0 Å². The maximum atomic E-state index is 14.1. The number of H-pyrrole nitrogens is 1. The van der Waals surface area contributed by atoms with Crippen molar-refractivity contribution in [2.75, 3.05) is 11.9 Å². The van der Waals surface area contributed by atoms with Crippen LogP contribution in [0.5, 0.6) is 0 Å². The second-order valence-corrected chi connectivity index (χ2v) is 4.47. The molecule has 1 atom stereocenters. The van der Waals surface area contributed by atoms with E-state index in [0.717, 1.165) is 12.8 Å². The van der Waals surface area contributed by atoms with E-state index < -0.39 is 11.6 Å². The second-order valence-electron chi connectivity index (χ2n) is 4.47. The molecule has 0 radical (unpaired) electrons. The molecule has 1 N–H and O–H groups in total. The predicted octanol–water partition coefficient (Wildman–Crippen LogP) is 2.35. The Morgan fingerprint density at radius 3 is 3.05 bits per heavy atom. The SMILES string of the molecule is CN(c1cc2oc(=O)[nH]c2cc1F)C1CCC=CO1. The number of rotatable bonds is 2. The van der Waals surface area contributed by atoms with Gasteiger partial charge in [-0.05, 0) is 12.5 Å². The number of oxazole rings is 1. The summed E-state index contributed by atoms with van der Waals surface area (Å²) in [7, 11) is 1.75. The molecule has 1 aliphatic heterocycles. The summed E-state index contributed by atoms with van der Waals surface area (Å²) in [5.41, 5.74) is 1.03. The summed E-state index contributed by atoms with van der Waals surface area (Å²) in [6.07, 6.45) is 4.99. The van der Waals surface area contributed by atoms with E-state index in [9.17, 15) is 9.18 Å². The van der Waals surface area contributed by atoms with Crippen LogP contribution >= 0.6 is 0 Å². The van der Waals surface area contributed by atoms with Crippen LogP contribution < -0.4 is 10.7 Å². The molecule has 19 heavy (non-hydrogen) atoms. The van der Waals surface area contributed by atoms with Crippen molar-refractivity contribution in [3.63, 3.8) is 0 Å². The van der Waals surface area contributed by atoms with Crippen LogP contribution in [0.1, 0.15) is 12.8 Å². The maximum absolute atomic E-state index is 14.1. The Labute approximate surface area is 108 Å². The maximum Gasteiger partial charge on any atom is 0.417 e. The summed E-state index contributed by atoms with van der Waals surface area (Å²) in [6.45, 7) is 0. The molecule has 2 heterocycles. The van der Waals surface area contributed by atoms with Crippen LogP contribution in [0.25, 0.3) is 11.1 Å². The Balaban J connectivity index is 2.00. The standard InChI is InChI=1S/C13H13FN2O3/c1-16(12-4-2-3-5-18-12)10-7-11-9(6-8(10)14)15-13(17)19-11/h3,5-7,12H,2,4H2,1H3,(H,15,17). The third-order valence-electron chi connectivity index (χ3n) is 3.21. The molecule has 0 aliphatic carbocycles. The third-order valence-corrected chi connectivity index (χ3v) is 3.21. The first-order chi connectivity index (χ1) is 9.15. The summed E-state index contributed by atoms with van der Waals surface area (Å²) in [5.74, 6) is -1.02. The lowest BCUT2D eigenvalue weighted by Gasteiger charge is -2.30. The Hall–Kier alpha value is -2.24. The first-order valence-electron chi connectivity index (χ1n) is 6.01. The minimum Gasteiger partial charge on any atom is -0.478 e. The van der Waals surface area contributed by atoms with Gasteiger partial charge in [0.05, 0.1) is 17.5 Å². The fourth-order valence-corrected chi connectivity index (χ4v) is 2.19. The summed E-state index contributed by atoms with van der Waals surface area (Å²) < 4.78 is 24.4. The first-order valence-corrected chi connectivity index (χ1v) is 6.01. The number of hydrogen-bond donors (Lipinski definition) is 1. The zero-order valence-corrected chi connectivity index (χ0v) is 10.4. The number of halogens is 1. The molecular formula is C13H13FN2O3. The van der Waals surface area contributed by atoms with Gasteiger partial charge in [-0.15, -0.1) is 0 Å². The average molecular weight is 264 g/mol. The first kappa shape index (κ1) is 11.8. The van der Waals surface area contributed by atoms with Gasteiger partial charge in [-0.25, -0.2) is 9.18 Å². The van der Waals surface area contributed by atoms with Gasteiger partial charge in [0.2, 0.25) is 0 Å². The fourth-order valence-electron chi connectivity index (χ4n) is 2.19. The zero-order valence-electron chi connectivity index (χ0n) is 10.4. The molecule has 0 amide bonds. The van der Waals surface area contributed by atoms with Crippen LogP contribution in [-0.2, 0) is 4.74 Å². The van der Waals surface area contributed by atoms with Crippen LogP contribution in [0, 0.1) is 5.82 Å². The lowest BCUT2D eigenvalue weighted by Crippen LogP contribution is -2.34. The molecule has 0 fully saturated rings. The number of benzene rings is 1. The van der Waals surface area contributed by atoms with E-state index in [0.29, 0.717) is 16.8 Å². The van der Waals surface area contributed by atoms with Crippen molar-refractivity contribution in [1.82, 2.24) is 4.98 Å². The highest BCUT2D eigenvalue weighted by molar-refractivity contribution is 5.77. The van der Waals surface area contributed by atoms with E-state index in [-0.39, 0.29) is 6.23 Å². The molecular weight excluding hydrogens is 251 g/mol. The minimum absolute atomic E-state index is 0.220. The zero-order chi connectivity index (χ0) is 13.4. The molecule has 1 aromatic heterocycles. The van der Waals surface area contributed by atoms with Crippen LogP contribution in [0.15, 0.2) is 33.7 Å². The van der Waals surface area contributed by atoms with E-state index in [4.69, 9.17) is 9.15 Å². The van der Waals surface area contributed by atoms with Gasteiger partial charge in [0, 0.05) is 25.6 Å². The van der Waals surface area contributed by atoms with E-state index in [2.05, 4.69) is 4.98 Å². The number of aromatic nitrogens is 1. The molecule has 1 unspecified atom stereocenters. The Morgan fingerprint density at radius 2 is 2.32 bits per heavy atom. The van der Waals surface area contributed by atoms with Crippen molar-refractivity contribution < 1.29 is 13.5 Å². The van der Waals surface area contributed by atoms with Gasteiger partial charge in [-0.3, -0.25) is 4.98 Å². The molecule has 0 saturated carbocycles. The second kappa shape index (κ2) is 4.46. The normalized spacial score (nSPS) is 18.5. The highest BCUT2D eigenvalue weighted by atomic mass is 19.1. The van der Waals surface area contributed by atoms with Crippen molar-refractivity contribution in [1.29, 1.82) is 0 Å². The smallest absolute Gasteiger partial charge is 0.417 e. The predicted molar refractivity (Wildman–Crippen MR) is 68.4 cm³/mol. The topological polar surface area (TPSA) is 58.5 Å². The largest absolute Gasteiger partial charge is 0.478 e. The van der Waals surface area contributed by atoms with Crippen LogP contribution in [-0.4, -0.2) is 18.3 Å². The summed E-state index contributed by atoms with van der Waals surface area (Å²) in [6, 6.07) is 2.76. The highest BCUT2D eigenvalue weighted by Crippen LogP contribution is 2.27. The number of fused-ring (bicyclic) bond motifs is 1. The fraction of sp³-hybridized carbons (Fsp3) is 0.308. The number of aromatic amines is 1. The van der Waals surface area contributed by atoms with Crippen molar-refractivity contribution in [2.24, 2.45) is 0 Å². The quantitative estimate of drug-likeness (QED) is 0.904. The lowest BCUT2D eigenvalue weighted by atomic mass is 10.2. The van der Waals surface area contributed by atoms with Crippen molar-refractivity contribution in [3.05, 3.63) is 40.8 Å². The van der Waals surface area contributed by atoms with E-state index >= 15 is 0 Å². The molecule has 5 nitrogen and oxygen atoms in total. The molecule has 0 bridgehead atoms. The number of ether oxygens (including phenoxy) is 1. The number of nitrogens with zero attached hydrogens (tertiary/aromatic N) is 1. The monoisotopic (exact) mass is 264 g/mol. The minimum atomic E-state index is -0.592. The number of nitrogens with one attached hydrogen (secondary N) is 1. The van der Waals surface area contributed by atoms with Crippen molar-refractivity contribution >= 4 is 16.8 Å². The molecule has 0 saturated heterocycles. The summed E-state index contributed by atoms with van der Waals surface area (Å²) in [4.78, 5) is 15.2. The molecule has 1 aromatic carbocycles. The van der Waals surface area contributed by atoms with Gasteiger partial charge in [-0.1, -0.05) is 0 Å². The Kier molecular flexibility index (Phi) is 2.77. The number of allylic oxidation sites excluding steroid dienone is 1. The third kappa shape index (κ3) is 2.09. The van der Waals surface area contributed by atoms with Crippen molar-refractivity contribution in [2.45, 2.75) is 19.1 Å². The van der Waals surface area contributed by atoms with Gasteiger partial charge < -0.3 is 14.1 Å². The van der Waals surface area contributed by atoms with Crippen LogP contribution in [0.4, 0.5) is 10.1 Å². The number of anilines is 1. The molecule has 3 rings (SSSR count). The molecule has 2 aromatic rings. The van der Waals surface area contributed by atoms with Gasteiger partial charge in [0.25, 0.3) is 0 Å². The van der Waals surface area contributed by atoms with Crippen molar-refractivity contribution in [3.8, 4) is 0 Å². The van der Waals surface area contributed by atoms with E-state index in [1.165, 1.54) is 12.1 Å². The number of hydrogen-bond acceptors (Lipinski definition) is 4. The van der Waals surface area contributed by atoms with E-state index in [1.807, 2.05) is 6.08 Å². The van der Waals surface area contributed by atoms with Crippen LogP contribution in [0.3, 0.4) is 0 Å². The molecule has 100 valence electrons.